The summed E-state index contributed by atoms with van der Waals surface area (Å²) in [4.78, 5) is 2.11. The van der Waals surface area contributed by atoms with E-state index in [-0.39, 0.29) is 0 Å². The van der Waals surface area contributed by atoms with E-state index in [9.17, 15) is 0 Å². The molecule has 0 radical (unpaired) electrons. The Morgan fingerprint density at radius 2 is 1.90 bits per heavy atom. The number of aryl methyl sites for hydroxylation is 1. The van der Waals surface area contributed by atoms with Crippen LogP contribution in [0.1, 0.15) is 17.5 Å². The minimum atomic E-state index is 0.859. The van der Waals surface area contributed by atoms with Crippen LogP contribution in [0.4, 0.5) is 17.1 Å². The summed E-state index contributed by atoms with van der Waals surface area (Å²) in [5.41, 5.74) is 6.52. The summed E-state index contributed by atoms with van der Waals surface area (Å²) in [5.74, 6) is 0. The SMILES string of the molecule is CN(C)c1ccc(NCc2cccc3c2NCCC3)cc1. The van der Waals surface area contributed by atoms with Gasteiger partial charge in [0, 0.05) is 44.2 Å². The van der Waals surface area contributed by atoms with E-state index in [4.69, 9.17) is 0 Å². The molecule has 2 aromatic rings. The standard InChI is InChI=1S/C18H23N3/c1-21(2)17-10-8-16(9-11-17)20-13-15-6-3-5-14-7-4-12-19-18(14)15/h3,5-6,8-11,19-20H,4,7,12-13H2,1-2H3. The smallest absolute Gasteiger partial charge is 0.0423 e. The van der Waals surface area contributed by atoms with Gasteiger partial charge in [0.1, 0.15) is 0 Å². The lowest BCUT2D eigenvalue weighted by molar-refractivity contribution is 0.825. The molecule has 3 rings (SSSR count). The van der Waals surface area contributed by atoms with Crippen molar-refractivity contribution in [2.75, 3.05) is 36.2 Å². The number of nitrogens with zero attached hydrogens (tertiary/aromatic N) is 1. The van der Waals surface area contributed by atoms with E-state index in [0.29, 0.717) is 0 Å². The first-order valence-electron chi connectivity index (χ1n) is 7.60. The fourth-order valence-corrected chi connectivity index (χ4v) is 2.80. The summed E-state index contributed by atoms with van der Waals surface area (Å²) in [6.07, 6.45) is 2.42. The summed E-state index contributed by atoms with van der Waals surface area (Å²) in [7, 11) is 4.12. The second-order valence-electron chi connectivity index (χ2n) is 5.78. The van der Waals surface area contributed by atoms with E-state index in [1.165, 1.54) is 35.3 Å². The summed E-state index contributed by atoms with van der Waals surface area (Å²) < 4.78 is 0. The summed E-state index contributed by atoms with van der Waals surface area (Å²) >= 11 is 0. The van der Waals surface area contributed by atoms with Crippen LogP contribution in [0.25, 0.3) is 0 Å². The van der Waals surface area contributed by atoms with Crippen molar-refractivity contribution >= 4 is 17.1 Å². The summed E-state index contributed by atoms with van der Waals surface area (Å²) in [5, 5.41) is 7.06. The molecule has 0 unspecified atom stereocenters. The fourth-order valence-electron chi connectivity index (χ4n) is 2.80. The van der Waals surface area contributed by atoms with Crippen molar-refractivity contribution in [3.8, 4) is 0 Å². The lowest BCUT2D eigenvalue weighted by Gasteiger charge is -2.21. The maximum atomic E-state index is 3.54. The van der Waals surface area contributed by atoms with Gasteiger partial charge in [0.05, 0.1) is 0 Å². The topological polar surface area (TPSA) is 27.3 Å². The van der Waals surface area contributed by atoms with Crippen LogP contribution in [-0.2, 0) is 13.0 Å². The van der Waals surface area contributed by atoms with Crippen LogP contribution in [0, 0.1) is 0 Å². The van der Waals surface area contributed by atoms with Crippen molar-refractivity contribution in [1.29, 1.82) is 0 Å². The predicted octanol–water partition coefficient (Wildman–Crippen LogP) is 3.72. The molecule has 0 spiro atoms. The minimum Gasteiger partial charge on any atom is -0.385 e. The Balaban J connectivity index is 1.70. The van der Waals surface area contributed by atoms with Gasteiger partial charge in [0.2, 0.25) is 0 Å². The summed E-state index contributed by atoms with van der Waals surface area (Å²) in [6, 6.07) is 15.2. The number of anilines is 3. The summed E-state index contributed by atoms with van der Waals surface area (Å²) in [6.45, 7) is 1.94. The molecule has 2 N–H and O–H groups in total. The minimum absolute atomic E-state index is 0.859. The fraction of sp³-hybridized carbons (Fsp3) is 0.333. The van der Waals surface area contributed by atoms with Crippen LogP contribution in [0.5, 0.6) is 0 Å². The average Bonchev–Trinajstić information content (AvgIpc) is 2.53. The zero-order valence-electron chi connectivity index (χ0n) is 12.8. The monoisotopic (exact) mass is 281 g/mol. The normalized spacial score (nSPS) is 13.2. The van der Waals surface area contributed by atoms with E-state index in [1.54, 1.807) is 0 Å². The first-order chi connectivity index (χ1) is 10.2. The molecular formula is C18H23N3. The quantitative estimate of drug-likeness (QED) is 0.894. The molecule has 0 fully saturated rings. The number of rotatable bonds is 4. The Kier molecular flexibility index (Phi) is 4.00. The van der Waals surface area contributed by atoms with E-state index < -0.39 is 0 Å². The van der Waals surface area contributed by atoms with Crippen molar-refractivity contribution in [2.45, 2.75) is 19.4 Å². The second-order valence-corrected chi connectivity index (χ2v) is 5.78. The Hall–Kier alpha value is -2.16. The van der Waals surface area contributed by atoms with Crippen LogP contribution in [0.15, 0.2) is 42.5 Å². The van der Waals surface area contributed by atoms with Gasteiger partial charge in [0.25, 0.3) is 0 Å². The van der Waals surface area contributed by atoms with Gasteiger partial charge in [-0.05, 0) is 48.2 Å². The molecule has 0 atom stereocenters. The van der Waals surface area contributed by atoms with Crippen LogP contribution >= 0.6 is 0 Å². The Bertz CT molecular complexity index is 602. The first-order valence-corrected chi connectivity index (χ1v) is 7.60. The van der Waals surface area contributed by atoms with Crippen molar-refractivity contribution in [3.63, 3.8) is 0 Å². The molecule has 0 bridgehead atoms. The van der Waals surface area contributed by atoms with Crippen molar-refractivity contribution in [1.82, 2.24) is 0 Å². The highest BCUT2D eigenvalue weighted by Crippen LogP contribution is 2.27. The largest absolute Gasteiger partial charge is 0.385 e. The Morgan fingerprint density at radius 1 is 1.10 bits per heavy atom. The van der Waals surface area contributed by atoms with Crippen molar-refractivity contribution < 1.29 is 0 Å². The number of hydrogen-bond donors (Lipinski definition) is 2. The van der Waals surface area contributed by atoms with E-state index in [0.717, 1.165) is 18.8 Å². The highest BCUT2D eigenvalue weighted by atomic mass is 15.1. The van der Waals surface area contributed by atoms with Crippen LogP contribution < -0.4 is 15.5 Å². The van der Waals surface area contributed by atoms with E-state index in [1.807, 2.05) is 0 Å². The second kappa shape index (κ2) is 6.08. The number of benzene rings is 2. The highest BCUT2D eigenvalue weighted by Gasteiger charge is 2.11. The Labute approximate surface area is 127 Å². The maximum Gasteiger partial charge on any atom is 0.0423 e. The van der Waals surface area contributed by atoms with Gasteiger partial charge in [-0.25, -0.2) is 0 Å². The molecule has 110 valence electrons. The molecule has 0 aromatic heterocycles. The molecule has 1 aliphatic heterocycles. The molecule has 0 amide bonds. The lowest BCUT2D eigenvalue weighted by Crippen LogP contribution is -2.15. The average molecular weight is 281 g/mol. The first kappa shape index (κ1) is 13.8. The van der Waals surface area contributed by atoms with Gasteiger partial charge in [0.15, 0.2) is 0 Å². The van der Waals surface area contributed by atoms with Crippen LogP contribution in [0.3, 0.4) is 0 Å². The molecule has 0 saturated heterocycles. The van der Waals surface area contributed by atoms with Crippen LogP contribution in [0.2, 0.25) is 0 Å². The predicted molar refractivity (Wildman–Crippen MR) is 91.3 cm³/mol. The van der Waals surface area contributed by atoms with Gasteiger partial charge < -0.3 is 15.5 Å². The molecule has 3 nitrogen and oxygen atoms in total. The third kappa shape index (κ3) is 3.13. The lowest BCUT2D eigenvalue weighted by atomic mass is 9.99. The number of fused-ring (bicyclic) bond motifs is 1. The van der Waals surface area contributed by atoms with Crippen LogP contribution in [-0.4, -0.2) is 20.6 Å². The molecule has 21 heavy (non-hydrogen) atoms. The van der Waals surface area contributed by atoms with Gasteiger partial charge in [-0.3, -0.25) is 0 Å². The number of nitrogens with one attached hydrogen (secondary N) is 2. The highest BCUT2D eigenvalue weighted by molar-refractivity contribution is 5.61. The molecule has 1 heterocycles. The van der Waals surface area contributed by atoms with Gasteiger partial charge in [-0.1, -0.05) is 18.2 Å². The molecule has 3 heteroatoms. The Morgan fingerprint density at radius 3 is 2.67 bits per heavy atom. The molecule has 2 aromatic carbocycles. The zero-order valence-corrected chi connectivity index (χ0v) is 12.8. The third-order valence-electron chi connectivity index (χ3n) is 4.03. The third-order valence-corrected chi connectivity index (χ3v) is 4.03. The molecule has 1 aliphatic rings. The maximum absolute atomic E-state index is 3.54. The number of hydrogen-bond acceptors (Lipinski definition) is 3. The van der Waals surface area contributed by atoms with Crippen molar-refractivity contribution in [3.05, 3.63) is 53.6 Å². The number of para-hydroxylation sites is 1. The van der Waals surface area contributed by atoms with Gasteiger partial charge in [-0.2, -0.15) is 0 Å². The molecular weight excluding hydrogens is 258 g/mol. The molecule has 0 saturated carbocycles. The van der Waals surface area contributed by atoms with Crippen molar-refractivity contribution in [2.24, 2.45) is 0 Å². The zero-order chi connectivity index (χ0) is 14.7. The molecule has 0 aliphatic carbocycles. The van der Waals surface area contributed by atoms with Gasteiger partial charge >= 0.3 is 0 Å². The van der Waals surface area contributed by atoms with Gasteiger partial charge in [-0.15, -0.1) is 0 Å². The van der Waals surface area contributed by atoms with E-state index >= 15 is 0 Å². The van der Waals surface area contributed by atoms with E-state index in [2.05, 4.69) is 72.1 Å².